The number of rotatable bonds is 11. The van der Waals surface area contributed by atoms with E-state index < -0.39 is 78.0 Å². The van der Waals surface area contributed by atoms with Crippen LogP contribution in [-0.2, 0) is 25.1 Å². The Morgan fingerprint density at radius 3 is 2.46 bits per heavy atom. The van der Waals surface area contributed by atoms with E-state index in [9.17, 15) is 32.6 Å². The molecule has 1 unspecified atom stereocenters. The van der Waals surface area contributed by atoms with E-state index in [2.05, 4.69) is 16.0 Å². The van der Waals surface area contributed by atoms with Crippen molar-refractivity contribution in [3.63, 3.8) is 0 Å². The summed E-state index contributed by atoms with van der Waals surface area (Å²) in [6.45, 7) is 9.73. The lowest BCUT2D eigenvalue weighted by atomic mass is 9.99. The van der Waals surface area contributed by atoms with Gasteiger partial charge in [-0.1, -0.05) is 70.5 Å². The summed E-state index contributed by atoms with van der Waals surface area (Å²) in [6.07, 6.45) is 2.02. The van der Waals surface area contributed by atoms with Crippen LogP contribution in [0.3, 0.4) is 0 Å². The third-order valence-corrected chi connectivity index (χ3v) is 15.9. The number of halogens is 3. The number of ether oxygens (including phenoxy) is 3. The molecule has 4 N–H and O–H groups in total. The van der Waals surface area contributed by atoms with Crippen molar-refractivity contribution in [3.05, 3.63) is 64.0 Å². The maximum atomic E-state index is 15.0. The molecule has 2 aliphatic heterocycles. The first-order valence-electron chi connectivity index (χ1n) is 22.2. The summed E-state index contributed by atoms with van der Waals surface area (Å²) < 4.78 is 62.2. The molecule has 3 aliphatic rings. The number of hydrogen-bond acceptors (Lipinski definition) is 11. The van der Waals surface area contributed by atoms with Crippen LogP contribution < -0.4 is 25.4 Å². The summed E-state index contributed by atoms with van der Waals surface area (Å²) in [7, 11) is -3.07. The fourth-order valence-corrected chi connectivity index (χ4v) is 12.3. The van der Waals surface area contributed by atoms with Crippen molar-refractivity contribution < 1.29 is 46.8 Å². The molecule has 65 heavy (non-hydrogen) atoms. The summed E-state index contributed by atoms with van der Waals surface area (Å²) in [6, 6.07) is 6.21. The van der Waals surface area contributed by atoms with Crippen molar-refractivity contribution in [2.75, 3.05) is 25.6 Å². The molecule has 0 bridgehead atoms. The van der Waals surface area contributed by atoms with Crippen LogP contribution in [0.5, 0.6) is 11.5 Å². The van der Waals surface area contributed by atoms with E-state index in [-0.39, 0.29) is 48.9 Å². The van der Waals surface area contributed by atoms with Gasteiger partial charge in [-0.2, -0.15) is 0 Å². The number of thiazole rings is 1. The lowest BCUT2D eigenvalue weighted by Crippen LogP contribution is -2.55. The lowest BCUT2D eigenvalue weighted by molar-refractivity contribution is -0.140. The molecule has 14 nitrogen and oxygen atoms in total. The van der Waals surface area contributed by atoms with Crippen molar-refractivity contribution in [1.82, 2.24) is 25.5 Å². The molecule has 1 aliphatic carbocycles. The van der Waals surface area contributed by atoms with Crippen molar-refractivity contribution in [2.45, 2.75) is 128 Å². The molecule has 0 spiro atoms. The molecule has 2 aromatic heterocycles. The van der Waals surface area contributed by atoms with Crippen molar-refractivity contribution >= 4 is 64.2 Å². The van der Waals surface area contributed by atoms with E-state index in [4.69, 9.17) is 35.8 Å². The van der Waals surface area contributed by atoms with E-state index in [0.717, 1.165) is 31.4 Å². The van der Waals surface area contributed by atoms with Gasteiger partial charge in [-0.25, -0.2) is 23.5 Å². The first kappa shape index (κ1) is 48.4. The van der Waals surface area contributed by atoms with Gasteiger partial charge in [0.05, 0.1) is 37.6 Å². The van der Waals surface area contributed by atoms with Gasteiger partial charge in [0.2, 0.25) is 19.2 Å². The monoisotopic (exact) mass is 958 g/mol. The normalized spacial score (nSPS) is 24.0. The van der Waals surface area contributed by atoms with Gasteiger partial charge in [0.1, 0.15) is 57.3 Å². The molecule has 3 amide bonds. The van der Waals surface area contributed by atoms with Crippen molar-refractivity contribution in [3.8, 4) is 22.9 Å². The SMILES string of the molecule is COc1ccc2c(O[C@@H]3C[C@H]4C(=O)N[C@]5(P(=O)(O)Cc6c(F)cccc6F)C[C@H]5CCCCCCC[C@H](NC(=O)OCC(C)(C)C)C(=O)N4C3)cc(-c3csc(NC(C)C)n3)nc2c1Cl. The van der Waals surface area contributed by atoms with Crippen LogP contribution in [0.25, 0.3) is 22.3 Å². The number of fused-ring (bicyclic) bond motifs is 3. The first-order valence-corrected chi connectivity index (χ1v) is 25.3. The third-order valence-electron chi connectivity index (χ3n) is 12.1. The highest BCUT2D eigenvalue weighted by Gasteiger charge is 2.66. The van der Waals surface area contributed by atoms with Gasteiger partial charge < -0.3 is 40.0 Å². The second-order valence-corrected chi connectivity index (χ2v) is 22.6. The van der Waals surface area contributed by atoms with Crippen LogP contribution in [0.15, 0.2) is 41.8 Å². The van der Waals surface area contributed by atoms with Crippen LogP contribution in [0.1, 0.15) is 98.0 Å². The number of nitrogens with one attached hydrogen (secondary N) is 3. The highest BCUT2D eigenvalue weighted by atomic mass is 35.5. The number of carbonyl (C=O) groups is 3. The molecule has 4 aromatic rings. The van der Waals surface area contributed by atoms with E-state index in [1.165, 1.54) is 29.4 Å². The van der Waals surface area contributed by atoms with Gasteiger partial charge in [0.15, 0.2) is 5.13 Å². The third kappa shape index (κ3) is 11.0. The molecule has 19 heteroatoms. The Labute approximate surface area is 387 Å². The second-order valence-electron chi connectivity index (χ2n) is 18.9. The van der Waals surface area contributed by atoms with E-state index in [0.29, 0.717) is 58.2 Å². The molecular formula is C46H58ClF2N6O8PS. The molecule has 3 fully saturated rings. The van der Waals surface area contributed by atoms with Crippen LogP contribution in [0.4, 0.5) is 18.7 Å². The molecular weight excluding hydrogens is 901 g/mol. The molecule has 2 saturated heterocycles. The number of nitrogens with zero attached hydrogens (tertiary/aromatic N) is 3. The summed E-state index contributed by atoms with van der Waals surface area (Å²) in [5, 5.41) is 10.6. The molecule has 7 rings (SSSR count). The average molecular weight is 959 g/mol. The molecule has 0 radical (unpaired) electrons. The summed E-state index contributed by atoms with van der Waals surface area (Å²) in [5.41, 5.74) is 0.496. The minimum absolute atomic E-state index is 0.0562. The second kappa shape index (κ2) is 19.7. The Bertz CT molecular complexity index is 2450. The van der Waals surface area contributed by atoms with Gasteiger partial charge in [-0.3, -0.25) is 14.2 Å². The summed E-state index contributed by atoms with van der Waals surface area (Å²) >= 11 is 8.27. The minimum atomic E-state index is -4.57. The lowest BCUT2D eigenvalue weighted by Gasteiger charge is -2.31. The molecule has 2 aromatic carbocycles. The largest absolute Gasteiger partial charge is 0.495 e. The highest BCUT2D eigenvalue weighted by molar-refractivity contribution is 7.59. The van der Waals surface area contributed by atoms with Gasteiger partial charge in [-0.05, 0) is 68.7 Å². The fraction of sp³-hybridized carbons (Fsp3) is 0.543. The highest BCUT2D eigenvalue weighted by Crippen LogP contribution is 2.71. The predicted octanol–water partition coefficient (Wildman–Crippen LogP) is 9.66. The Kier molecular flexibility index (Phi) is 14.7. The number of anilines is 1. The number of benzene rings is 2. The zero-order chi connectivity index (χ0) is 46.8. The van der Waals surface area contributed by atoms with Crippen LogP contribution in [0.2, 0.25) is 5.02 Å². The summed E-state index contributed by atoms with van der Waals surface area (Å²) in [5.74, 6) is -2.92. The Balaban J connectivity index is 1.25. The smallest absolute Gasteiger partial charge is 0.407 e. The van der Waals surface area contributed by atoms with Crippen LogP contribution >= 0.6 is 30.3 Å². The molecule has 352 valence electrons. The maximum Gasteiger partial charge on any atom is 0.407 e. The number of amides is 3. The van der Waals surface area contributed by atoms with Gasteiger partial charge in [-0.15, -0.1) is 11.3 Å². The Morgan fingerprint density at radius 1 is 1.06 bits per heavy atom. The van der Waals surface area contributed by atoms with E-state index >= 15 is 0 Å². The fourth-order valence-electron chi connectivity index (χ4n) is 8.71. The number of alkyl carbamates (subject to hydrolysis) is 1. The van der Waals surface area contributed by atoms with Gasteiger partial charge in [0.25, 0.3) is 0 Å². The van der Waals surface area contributed by atoms with Crippen molar-refractivity contribution in [2.24, 2.45) is 11.3 Å². The van der Waals surface area contributed by atoms with Crippen LogP contribution in [0, 0.1) is 23.0 Å². The zero-order valence-corrected chi connectivity index (χ0v) is 40.0. The van der Waals surface area contributed by atoms with Crippen LogP contribution in [-0.4, -0.2) is 87.4 Å². The Morgan fingerprint density at radius 2 is 1.77 bits per heavy atom. The maximum absolute atomic E-state index is 15.0. The minimum Gasteiger partial charge on any atom is -0.495 e. The molecule has 4 heterocycles. The number of methoxy groups -OCH3 is 1. The Hall–Kier alpha value is -4.57. The van der Waals surface area contributed by atoms with E-state index in [1.807, 2.05) is 40.0 Å². The number of hydrogen-bond donors (Lipinski definition) is 4. The zero-order valence-electron chi connectivity index (χ0n) is 37.5. The van der Waals surface area contributed by atoms with Gasteiger partial charge in [0, 0.05) is 34.9 Å². The number of carbonyl (C=O) groups excluding carboxylic acids is 3. The van der Waals surface area contributed by atoms with E-state index in [1.54, 1.807) is 18.2 Å². The predicted molar refractivity (Wildman–Crippen MR) is 247 cm³/mol. The molecule has 1 saturated carbocycles. The first-order chi connectivity index (χ1) is 30.8. The van der Waals surface area contributed by atoms with Crippen molar-refractivity contribution in [1.29, 1.82) is 0 Å². The molecule has 6 atom stereocenters. The summed E-state index contributed by atoms with van der Waals surface area (Å²) in [4.78, 5) is 65.7. The topological polar surface area (TPSA) is 181 Å². The number of pyridine rings is 1. The van der Waals surface area contributed by atoms with Gasteiger partial charge >= 0.3 is 6.09 Å². The number of aromatic nitrogens is 2. The standard InChI is InChI=1S/C46H58ClF2N6O8PS/c1-26(2)50-43-52-35(24-65-43)34-20-38(29-17-18-37(61-6)39(47)40(29)51-34)63-28-19-36-41(56)54-46(64(59,60)23-30-31(48)14-12-15-32(30)49)21-27(46)13-10-8-7-9-11-16-33(42(57)55(36)22-28)53-44(58)62-25-45(3,4)5/h12,14-15,17-18,20,24,26-28,33,36H,7-11,13,16,19,21-23,25H2,1-6H3,(H,50,52)(H,53,58)(H,54,56)(H,59,60)/t27-,28-,33+,36+,46+/m1/s1. The quantitative estimate of drug-likeness (QED) is 0.105. The average Bonchev–Trinajstić information content (AvgIpc) is 3.51.